The molecule has 1138 valence electrons. The van der Waals surface area contributed by atoms with Gasteiger partial charge in [0, 0.05) is 3600 Å². The van der Waals surface area contributed by atoms with Gasteiger partial charge in [0.1, 0.15) is 16.7 Å². The molecule has 2 fully saturated rings. The van der Waals surface area contributed by atoms with Gasteiger partial charge in [-0.05, 0) is 77.2 Å². The van der Waals surface area contributed by atoms with E-state index in [1.807, 2.05) is 68.1 Å². The Morgan fingerprint density at radius 3 is 0.777 bits per heavy atom. The molecular weight excluding hydrogens is 15400 g/mol. The topological polar surface area (TPSA) is 187 Å². The molecule has 3 heterocycles. The minimum absolute atomic E-state index is 0. The van der Waals surface area contributed by atoms with Gasteiger partial charge in [-0.2, -0.15) is 0 Å². The van der Waals surface area contributed by atoms with Crippen LogP contribution >= 0.6 is 11.3 Å². The van der Waals surface area contributed by atoms with E-state index in [9.17, 15) is 33.9 Å². The molecule has 0 spiro atoms. The second-order valence-electron chi connectivity index (χ2n) is 15.7. The summed E-state index contributed by atoms with van der Waals surface area (Å²) in [6.07, 6.45) is 3.92. The van der Waals surface area contributed by atoms with Gasteiger partial charge in [0.05, 0.1) is 12.0 Å². The Labute approximate surface area is 3730 Å². The van der Waals surface area contributed by atoms with Gasteiger partial charge >= 0.3 is 17.9 Å². The Kier molecular flexibility index (Phi) is 1910. The number of ether oxygens (including phenoxy) is 1. The quantitative estimate of drug-likeness (QED) is 0.171. The number of carbonyl (C=O) groups excluding carboxylic acids is 4. The Morgan fingerprint density at radius 2 is 0.588 bits per heavy atom. The predicted octanol–water partition coefficient (Wildman–Crippen LogP) is 4.93. The third kappa shape index (κ3) is 392. The van der Waals surface area contributed by atoms with Crippen LogP contribution in [0.1, 0.15) is 107 Å². The van der Waals surface area contributed by atoms with Crippen molar-refractivity contribution < 1.29 is 3600 Å². The molecule has 1 aromatic carbocycles. The largest absolute Gasteiger partial charge is 0.481 e. The van der Waals surface area contributed by atoms with E-state index < -0.39 is 47.8 Å². The van der Waals surface area contributed by atoms with Gasteiger partial charge < -0.3 is 25.2 Å². The number of thiazole rings is 1. The number of hydrogen-bond acceptors (Lipinski definition) is 11. The number of carboxylic acids is 2. The van der Waals surface area contributed by atoms with E-state index in [1.54, 1.807) is 31.2 Å². The summed E-state index contributed by atoms with van der Waals surface area (Å²) >= 11 is 1.18. The summed E-state index contributed by atoms with van der Waals surface area (Å²) in [6.45, 7) is 10.5. The number of aromatic nitrogens is 1. The van der Waals surface area contributed by atoms with Crippen molar-refractivity contribution in [3.63, 3.8) is 0 Å². The zero-order chi connectivity index (χ0) is 41.7. The molecule has 2 aliphatic heterocycles. The van der Waals surface area contributed by atoms with Crippen LogP contribution < -0.4 is 5.32 Å². The normalized spacial score (nSPS) is 7.52. The molecule has 3 N–H and O–H groups in total. The maximum atomic E-state index is 13.6. The van der Waals surface area contributed by atoms with Crippen LogP contribution in [0.3, 0.4) is 0 Å². The molecule has 14 nitrogen and oxygen atoms in total. The molecule has 2 saturated heterocycles. The van der Waals surface area contributed by atoms with E-state index in [0.717, 1.165) is 44.3 Å². The van der Waals surface area contributed by atoms with E-state index in [0.29, 0.717) is 11.4 Å². The second-order valence-corrected chi connectivity index (χ2v) is 16.6. The summed E-state index contributed by atoms with van der Waals surface area (Å²) in [7, 11) is 5.51. The number of rotatable bonds is 18. The molecule has 107 heteroatoms. The van der Waals surface area contributed by atoms with Crippen LogP contribution in [0.15, 0.2) is 35.7 Å². The number of Topliss-reactive ketones (excluding diaryl/α,β-unsaturated/α-hetero) is 1. The van der Waals surface area contributed by atoms with Gasteiger partial charge in [-0.1, -0.05) is 58.0 Å². The minimum atomic E-state index is -0.942. The van der Waals surface area contributed by atoms with E-state index in [4.69, 9.17) is 9.84 Å². The summed E-state index contributed by atoms with van der Waals surface area (Å²) < 4.78 is 5.70. The molecule has 0 saturated carbocycles. The van der Waals surface area contributed by atoms with Gasteiger partial charge in [0.25, 0.3) is 5.91 Å². The molecule has 2 aromatic rings. The molecule has 2 aliphatic rings. The van der Waals surface area contributed by atoms with Crippen molar-refractivity contribution in [2.75, 3.05) is 34.2 Å². The first kappa shape index (κ1) is 603. The van der Waals surface area contributed by atoms with Gasteiger partial charge in [-0.25, -0.2) is 4.98 Å². The Hall–Kier alpha value is 114. The summed E-state index contributed by atoms with van der Waals surface area (Å²) in [5, 5.41) is 23.0. The Bertz CT molecular complexity index is 1780. The Morgan fingerprint density at radius 1 is 0.358 bits per heavy atom. The summed E-state index contributed by atoms with van der Waals surface area (Å²) in [4.78, 5) is 84.1. The molecule has 0 unspecified atom stereocenters. The molecule has 92 radical (unpaired) electrons. The maximum absolute atomic E-state index is 13.6. The van der Waals surface area contributed by atoms with Gasteiger partial charge in [0.2, 0.25) is 5.91 Å². The number of amides is 2. The van der Waals surface area contributed by atoms with Crippen molar-refractivity contribution in [1.29, 1.82) is 0 Å². The van der Waals surface area contributed by atoms with E-state index in [-0.39, 0.29) is 3610 Å². The zero-order valence-corrected chi connectivity index (χ0v) is 262. The fraction of sp³-hybridized carbons (Fsp3) is 0.634. The third-order valence-electron chi connectivity index (χ3n) is 10.8. The Balaban J connectivity index is -0.00000000362. The first-order chi connectivity index (χ1) is 26.4. The molecule has 7 atom stereocenters. The van der Waals surface area contributed by atoms with Crippen LogP contribution in [-0.2, 0) is 35.1 Å². The van der Waals surface area contributed by atoms with Crippen molar-refractivity contribution in [1.82, 2.24) is 25.0 Å². The molecule has 0 aliphatic carbocycles. The number of nitrogens with one attached hydrogen (secondary N) is 1. The first-order valence-corrected chi connectivity index (χ1v) is 20.4. The van der Waals surface area contributed by atoms with Crippen LogP contribution in [0.5, 0.6) is 0 Å². The number of aliphatic carboxylic acids is 2. The number of benzene rings is 1. The minimum Gasteiger partial charge on any atom is -0.481 e. The SMILES string of the molecule is CC(=O)O[C@H](C[C@H](C(C)C)N(C)C(=O)[C@H](C)CC(=O)[C@H]1CCCN1C)c1nc(C(=O)N[C@@H](Cc2ccccc2)C[C@H](C)C(=O)O)cs1.CN1CCC[C@@H]1C(=O)O.[Tb].[Tb].[Tb].[Tb].[Tb].[Tb].[Tb].[Tb].[Tb].[Tb].[Tb].[Tb].[Tb].[Tb].[Tb].[Tb].[Tb].[Tb].[Tb].[Tb].[Tb].[Tb].[Tb].[Tb].[Tb].[Tb].[Tb].[Tb].[Tb].[Tb].[Tb].[Tb].[Tb].[Tb].[Tb].[Tb].[Tb].[Tb].[Tb].[Tb].[Tb].[Tb].[Tb].[Tb].[Tb].[Tb].[Tb].[Tb].[Tb].[Tb].[Tb].[Tb].[Tb].[Tb].[Tb].[Tb].[Tb].[Tb].[Tb].[Tb].[Tb].[Tb].[Tb].[Tb].[Tb].[Tb].[Tb].[Tb].[Tb].[Tb].[Tb].[Tb].[Tb].[Tb].[Tb].[Tb].[Tb].[Tb].[Tb].[Tb].[Tb].[Tb].[Tb].[Tb].[Tb].[Tb].[Tb].[Tb].[Tb].[Tb].[Tb].[Tb]. The average molecular weight is 15400 g/mol. The number of carbonyl (C=O) groups is 6. The summed E-state index contributed by atoms with van der Waals surface area (Å²) in [5.41, 5.74) is 1.10. The van der Waals surface area contributed by atoms with E-state index in [2.05, 4.69) is 10.3 Å². The van der Waals surface area contributed by atoms with Crippen LogP contribution in [-0.4, -0.2) is 124 Å². The number of ketones is 1. The van der Waals surface area contributed by atoms with Crippen LogP contribution in [0.25, 0.3) is 0 Å². The van der Waals surface area contributed by atoms with Crippen LogP contribution in [0, 0.1) is 3570 Å². The van der Waals surface area contributed by atoms with Crippen molar-refractivity contribution in [2.24, 2.45) is 17.8 Å². The summed E-state index contributed by atoms with van der Waals surface area (Å²) in [5.74, 6) is -3.85. The van der Waals surface area contributed by atoms with Gasteiger partial charge in [-0.15, -0.1) is 11.3 Å². The van der Waals surface area contributed by atoms with Crippen molar-refractivity contribution in [3.8, 4) is 0 Å². The van der Waals surface area contributed by atoms with E-state index in [1.165, 1.54) is 18.3 Å². The van der Waals surface area contributed by atoms with Gasteiger partial charge in [0.15, 0.2) is 11.9 Å². The van der Waals surface area contributed by atoms with Crippen molar-refractivity contribution >= 4 is 46.8 Å². The summed E-state index contributed by atoms with van der Waals surface area (Å²) in [6, 6.07) is 8.38. The predicted molar refractivity (Wildman–Crippen MR) is 213 cm³/mol. The zero-order valence-electron chi connectivity index (χ0n) is 64.8. The molecule has 1 aromatic heterocycles. The number of esters is 1. The molecule has 2 amide bonds. The van der Waals surface area contributed by atoms with Gasteiger partial charge in [-0.3, -0.25) is 38.6 Å². The van der Waals surface area contributed by atoms with Crippen LogP contribution in [0.4, 0.5) is 0 Å². The van der Waals surface area contributed by atoms with Crippen molar-refractivity contribution in [3.05, 3.63) is 52.0 Å². The standard InChI is InChI=1S/C35H50N4O7S.C6H11NO2.92Tb/c1-21(2)29(39(7)34(43)22(3)17-30(41)28-14-11-15-38(28)6)19-31(46-24(5)40)33-37-27(20-47-33)32(42)36-26(16-23(4)35(44)45)18-25-12-9-8-10-13-25;1-7-4-2-3-5(7)6(8)9;;;;;;;;;;;;;;;;;;;;;;;;;;;;;;;;;;;;;;;;;;;;;;;;;;;;;;;;;;;;;;;;;;;;;;;;;;;;;;;;;;;;;;;;;;;;/h8-10,12-13,20-23,26,28-29,31H,11,14-19H2,1-7H3,(H,36,42)(H,44,45);5H,2-4H2,1H3,(H,8,9);;;;;;;;;;;;;;;;;;;;;;;;;;;;;;;;;;;;;;;;;;;;;;;;;;;;;;;;;;;;;;;;;;;;;;;;;;;;;;;;;;;;;;;;;;;;/t22-,23+,26-,28-,29-,31-;5-;;;;;;;;;;;;;;;;;;;;;;;;;;;;;;;;;;;;;;;;;;;;;;;;;;;;;;;;;;;;;;;;;;;;;;;;;;;;;;;;;;;;;;;;;;;;/m11............................................................................................/s1. The number of nitrogens with zero attached hydrogens (tertiary/aromatic N) is 4. The number of likely N-dealkylation sites (tertiary alicyclic amines) is 2. The number of carboxylic acid groups (broad SMARTS) is 2. The monoisotopic (exact) mass is 15400 g/mol. The fourth-order valence-corrected chi connectivity index (χ4v) is 8.33. The fourth-order valence-electron chi connectivity index (χ4n) is 7.49. The van der Waals surface area contributed by atoms with E-state index >= 15 is 0 Å². The van der Waals surface area contributed by atoms with Crippen molar-refractivity contribution in [2.45, 2.75) is 116 Å². The molecule has 4 rings (SSSR count). The first-order valence-electron chi connectivity index (χ1n) is 19.5. The third-order valence-corrected chi connectivity index (χ3v) is 11.7. The second kappa shape index (κ2) is 469. The maximum Gasteiger partial charge on any atom is 0.320 e. The van der Waals surface area contributed by atoms with Crippen LogP contribution in [0.2, 0.25) is 0 Å². The number of likely N-dealkylation sites (N-methyl/N-ethyl adjacent to an activating group) is 2. The number of hydrogen-bond donors (Lipinski definition) is 3. The average Bonchev–Trinajstić information content (AvgIpc) is 3.91. The molecular formula is C41H61N5O9STb92. The smallest absolute Gasteiger partial charge is 0.320 e. The molecule has 148 heavy (non-hydrogen) atoms. The molecule has 0 bridgehead atoms.